The molecule has 0 radical (unpaired) electrons. The van der Waals surface area contributed by atoms with E-state index in [2.05, 4.69) is 42.3 Å². The van der Waals surface area contributed by atoms with Crippen LogP contribution in [0.1, 0.15) is 53.0 Å². The minimum Gasteiger partial charge on any atom is -0.494 e. The van der Waals surface area contributed by atoms with Crippen LogP contribution in [0.2, 0.25) is 0 Å². The molecule has 0 amide bonds. The summed E-state index contributed by atoms with van der Waals surface area (Å²) in [5, 5.41) is 3.31. The standard InChI is InChI=1S/C25H30F3N3O2/c1-23(2)13-17(14-24(3,4)15-23)31-19-7-6-8-20(32-5)21(19)30-22(31)29-16-9-11-18(12-10-16)33-25(26,27)28/h6-12,17H,13-15H2,1-5H3,(H,29,30). The first-order chi connectivity index (χ1) is 15.4. The molecular formula is C25H30F3N3O2. The SMILES string of the molecule is COc1cccc2c1nc(Nc1ccc(OC(F)(F)F)cc1)n2C1CC(C)(C)CC(C)(C)C1. The summed E-state index contributed by atoms with van der Waals surface area (Å²) in [6, 6.07) is 11.7. The molecule has 8 heteroatoms. The van der Waals surface area contributed by atoms with Gasteiger partial charge in [-0.15, -0.1) is 13.2 Å². The number of imidazole rings is 1. The molecule has 0 saturated heterocycles. The second-order valence-corrected chi connectivity index (χ2v) is 10.4. The highest BCUT2D eigenvalue weighted by molar-refractivity contribution is 5.85. The molecule has 1 aliphatic carbocycles. The first-order valence-electron chi connectivity index (χ1n) is 11.0. The molecule has 3 aromatic rings. The number of rotatable bonds is 5. The maximum atomic E-state index is 12.5. The van der Waals surface area contributed by atoms with E-state index in [1.54, 1.807) is 19.2 Å². The van der Waals surface area contributed by atoms with Crippen LogP contribution in [-0.4, -0.2) is 23.0 Å². The highest BCUT2D eigenvalue weighted by atomic mass is 19.4. The summed E-state index contributed by atoms with van der Waals surface area (Å²) in [6.07, 6.45) is -1.60. The van der Waals surface area contributed by atoms with E-state index in [0.29, 0.717) is 17.4 Å². The highest BCUT2D eigenvalue weighted by Gasteiger charge is 2.40. The van der Waals surface area contributed by atoms with Crippen molar-refractivity contribution in [2.24, 2.45) is 10.8 Å². The molecule has 1 N–H and O–H groups in total. The molecule has 178 valence electrons. The Morgan fingerprint density at radius 2 is 1.64 bits per heavy atom. The van der Waals surface area contributed by atoms with Crippen LogP contribution in [0, 0.1) is 10.8 Å². The number of para-hydroxylation sites is 1. The third kappa shape index (κ3) is 5.20. The van der Waals surface area contributed by atoms with E-state index < -0.39 is 6.36 Å². The zero-order chi connectivity index (χ0) is 24.0. The lowest BCUT2D eigenvalue weighted by molar-refractivity contribution is -0.274. The van der Waals surface area contributed by atoms with Crippen molar-refractivity contribution in [1.29, 1.82) is 0 Å². The minimum absolute atomic E-state index is 0.162. The van der Waals surface area contributed by atoms with Crippen molar-refractivity contribution in [3.8, 4) is 11.5 Å². The Labute approximate surface area is 191 Å². The van der Waals surface area contributed by atoms with Crippen molar-refractivity contribution in [3.63, 3.8) is 0 Å². The summed E-state index contributed by atoms with van der Waals surface area (Å²) in [5.41, 5.74) is 2.66. The van der Waals surface area contributed by atoms with Gasteiger partial charge in [0.05, 0.1) is 12.6 Å². The number of methoxy groups -OCH3 is 1. The number of hydrogen-bond acceptors (Lipinski definition) is 4. The quantitative estimate of drug-likeness (QED) is 0.428. The van der Waals surface area contributed by atoms with Gasteiger partial charge in [-0.1, -0.05) is 33.8 Å². The number of halogens is 3. The Balaban J connectivity index is 1.75. The minimum atomic E-state index is -4.72. The van der Waals surface area contributed by atoms with Crippen LogP contribution in [-0.2, 0) is 0 Å². The summed E-state index contributed by atoms with van der Waals surface area (Å²) >= 11 is 0. The van der Waals surface area contributed by atoms with Crippen molar-refractivity contribution in [2.45, 2.75) is 59.4 Å². The molecule has 1 aliphatic rings. The largest absolute Gasteiger partial charge is 0.573 e. The number of nitrogens with one attached hydrogen (secondary N) is 1. The lowest BCUT2D eigenvalue weighted by atomic mass is 9.63. The van der Waals surface area contributed by atoms with Gasteiger partial charge in [-0.2, -0.15) is 0 Å². The van der Waals surface area contributed by atoms with E-state index in [-0.39, 0.29) is 22.6 Å². The highest BCUT2D eigenvalue weighted by Crippen LogP contribution is 2.51. The van der Waals surface area contributed by atoms with Crippen molar-refractivity contribution in [3.05, 3.63) is 42.5 Å². The predicted octanol–water partition coefficient (Wildman–Crippen LogP) is 7.46. The zero-order valence-corrected chi connectivity index (χ0v) is 19.6. The van der Waals surface area contributed by atoms with E-state index >= 15 is 0 Å². The summed E-state index contributed by atoms with van der Waals surface area (Å²) in [5.74, 6) is 1.05. The molecule has 4 rings (SSSR count). The number of fused-ring (bicyclic) bond motifs is 1. The van der Waals surface area contributed by atoms with Gasteiger partial charge in [0.1, 0.15) is 17.0 Å². The monoisotopic (exact) mass is 461 g/mol. The molecule has 0 bridgehead atoms. The van der Waals surface area contributed by atoms with Crippen molar-refractivity contribution in [1.82, 2.24) is 9.55 Å². The predicted molar refractivity (Wildman–Crippen MR) is 123 cm³/mol. The molecule has 1 fully saturated rings. The maximum Gasteiger partial charge on any atom is 0.573 e. The van der Waals surface area contributed by atoms with Gasteiger partial charge in [-0.3, -0.25) is 0 Å². The average molecular weight is 462 g/mol. The van der Waals surface area contributed by atoms with E-state index in [4.69, 9.17) is 9.72 Å². The first-order valence-corrected chi connectivity index (χ1v) is 11.0. The number of nitrogens with zero attached hydrogens (tertiary/aromatic N) is 2. The molecule has 1 aromatic heterocycles. The number of alkyl halides is 3. The Hall–Kier alpha value is -2.90. The molecule has 5 nitrogen and oxygen atoms in total. The van der Waals surface area contributed by atoms with Gasteiger partial charge in [0.15, 0.2) is 0 Å². The Kier molecular flexibility index (Phi) is 5.75. The summed E-state index contributed by atoms with van der Waals surface area (Å²) in [4.78, 5) is 4.85. The smallest absolute Gasteiger partial charge is 0.494 e. The van der Waals surface area contributed by atoms with Crippen LogP contribution >= 0.6 is 0 Å². The summed E-state index contributed by atoms with van der Waals surface area (Å²) in [6.45, 7) is 9.19. The molecular weight excluding hydrogens is 431 g/mol. The molecule has 0 spiro atoms. The molecule has 33 heavy (non-hydrogen) atoms. The summed E-state index contributed by atoms with van der Waals surface area (Å²) in [7, 11) is 1.62. The lowest BCUT2D eigenvalue weighted by Gasteiger charge is -2.45. The number of aromatic nitrogens is 2. The van der Waals surface area contributed by atoms with Gasteiger partial charge in [-0.25, -0.2) is 4.98 Å². The van der Waals surface area contributed by atoms with Gasteiger partial charge in [0.2, 0.25) is 5.95 Å². The average Bonchev–Trinajstić information content (AvgIpc) is 3.04. The normalized spacial score (nSPS) is 18.3. The van der Waals surface area contributed by atoms with Gasteiger partial charge < -0.3 is 19.4 Å². The van der Waals surface area contributed by atoms with E-state index in [0.717, 1.165) is 30.3 Å². The Morgan fingerprint density at radius 1 is 1.00 bits per heavy atom. The number of hydrogen-bond donors (Lipinski definition) is 1. The second kappa shape index (κ2) is 8.15. The van der Waals surface area contributed by atoms with Gasteiger partial charge in [0, 0.05) is 11.7 Å². The maximum absolute atomic E-state index is 12.5. The fourth-order valence-electron chi connectivity index (χ4n) is 5.55. The van der Waals surface area contributed by atoms with Gasteiger partial charge >= 0.3 is 6.36 Å². The van der Waals surface area contributed by atoms with Crippen molar-refractivity contribution < 1.29 is 22.6 Å². The fraction of sp³-hybridized carbons (Fsp3) is 0.480. The zero-order valence-electron chi connectivity index (χ0n) is 19.6. The number of benzene rings is 2. The van der Waals surface area contributed by atoms with Crippen molar-refractivity contribution >= 4 is 22.7 Å². The Morgan fingerprint density at radius 3 is 2.21 bits per heavy atom. The van der Waals surface area contributed by atoms with Crippen LogP contribution in [0.15, 0.2) is 42.5 Å². The molecule has 1 saturated carbocycles. The van der Waals surface area contributed by atoms with Crippen LogP contribution in [0.4, 0.5) is 24.8 Å². The molecule has 0 unspecified atom stereocenters. The Bertz CT molecular complexity index is 1120. The van der Waals surface area contributed by atoms with E-state index in [1.165, 1.54) is 12.1 Å². The fourth-order valence-corrected chi connectivity index (χ4v) is 5.55. The van der Waals surface area contributed by atoms with Crippen LogP contribution in [0.25, 0.3) is 11.0 Å². The molecule has 0 aliphatic heterocycles. The van der Waals surface area contributed by atoms with Gasteiger partial charge in [-0.05, 0) is 66.5 Å². The molecule has 2 aromatic carbocycles. The first kappa shape index (κ1) is 23.3. The molecule has 0 atom stereocenters. The third-order valence-electron chi connectivity index (χ3n) is 6.15. The van der Waals surface area contributed by atoms with Gasteiger partial charge in [0.25, 0.3) is 0 Å². The number of ether oxygens (including phenoxy) is 2. The second-order valence-electron chi connectivity index (χ2n) is 10.4. The topological polar surface area (TPSA) is 48.3 Å². The summed E-state index contributed by atoms with van der Waals surface area (Å²) < 4.78 is 49.3. The third-order valence-corrected chi connectivity index (χ3v) is 6.15. The van der Waals surface area contributed by atoms with Crippen LogP contribution in [0.3, 0.4) is 0 Å². The van der Waals surface area contributed by atoms with E-state index in [1.807, 2.05) is 18.2 Å². The van der Waals surface area contributed by atoms with Crippen LogP contribution in [0.5, 0.6) is 11.5 Å². The van der Waals surface area contributed by atoms with Crippen LogP contribution < -0.4 is 14.8 Å². The van der Waals surface area contributed by atoms with Crippen molar-refractivity contribution in [2.75, 3.05) is 12.4 Å². The van der Waals surface area contributed by atoms with E-state index in [9.17, 15) is 13.2 Å². The molecule has 1 heterocycles. The lowest BCUT2D eigenvalue weighted by Crippen LogP contribution is -2.35. The number of anilines is 2.